The molecule has 5 heteroatoms. The molecule has 1 heterocycles. The number of anilines is 2. The molecular formula is C14H24N4S. The van der Waals surface area contributed by atoms with Gasteiger partial charge < -0.3 is 10.6 Å². The van der Waals surface area contributed by atoms with Crippen LogP contribution in [-0.2, 0) is 6.42 Å². The number of hydrogen-bond donors (Lipinski definition) is 2. The molecule has 0 saturated heterocycles. The third kappa shape index (κ3) is 3.14. The van der Waals surface area contributed by atoms with Crippen molar-refractivity contribution in [3.05, 3.63) is 11.9 Å². The molecular weight excluding hydrogens is 256 g/mol. The molecule has 0 bridgehead atoms. The average Bonchev–Trinajstić information content (AvgIpc) is 2.38. The van der Waals surface area contributed by atoms with Gasteiger partial charge in [0.1, 0.15) is 18.0 Å². The number of thioether (sulfide) groups is 1. The number of nitrogens with zero attached hydrogens (tertiary/aromatic N) is 2. The second-order valence-corrected chi connectivity index (χ2v) is 6.30. The van der Waals surface area contributed by atoms with E-state index in [4.69, 9.17) is 0 Å². The van der Waals surface area contributed by atoms with Crippen LogP contribution in [0.4, 0.5) is 11.6 Å². The first-order chi connectivity index (χ1) is 9.24. The summed E-state index contributed by atoms with van der Waals surface area (Å²) in [6, 6.07) is 0. The monoisotopic (exact) mass is 280 g/mol. The molecule has 1 aromatic rings. The van der Waals surface area contributed by atoms with Crippen LogP contribution in [0.3, 0.4) is 0 Å². The van der Waals surface area contributed by atoms with Crippen molar-refractivity contribution in [3.8, 4) is 0 Å². The lowest BCUT2D eigenvalue weighted by atomic mass is 9.84. The van der Waals surface area contributed by atoms with E-state index in [9.17, 15) is 0 Å². The summed E-state index contributed by atoms with van der Waals surface area (Å²) in [5.74, 6) is 1.96. The van der Waals surface area contributed by atoms with Crippen molar-refractivity contribution in [1.82, 2.24) is 9.97 Å². The maximum absolute atomic E-state index is 4.42. The largest absolute Gasteiger partial charge is 0.370 e. The Morgan fingerprint density at radius 3 is 2.37 bits per heavy atom. The Bertz CT molecular complexity index is 412. The van der Waals surface area contributed by atoms with Crippen molar-refractivity contribution < 1.29 is 0 Å². The summed E-state index contributed by atoms with van der Waals surface area (Å²) in [6.07, 6.45) is 8.78. The van der Waals surface area contributed by atoms with E-state index >= 15 is 0 Å². The minimum Gasteiger partial charge on any atom is -0.370 e. The highest BCUT2D eigenvalue weighted by Crippen LogP contribution is 2.42. The van der Waals surface area contributed by atoms with Crippen LogP contribution in [0.1, 0.15) is 38.7 Å². The third-order valence-corrected chi connectivity index (χ3v) is 5.34. The quantitative estimate of drug-likeness (QED) is 0.803. The van der Waals surface area contributed by atoms with Gasteiger partial charge in [0.05, 0.1) is 0 Å². The van der Waals surface area contributed by atoms with Gasteiger partial charge in [-0.1, -0.05) is 13.3 Å². The standard InChI is InChI=1S/C14H24N4S/c1-4-11-12(15-5-2)17-10-18-13(11)16-9-14(19-3)7-6-8-14/h10H,4-9H2,1-3H3,(H2,15,16,17,18). The van der Waals surface area contributed by atoms with Crippen molar-refractivity contribution in [2.24, 2.45) is 0 Å². The first-order valence-corrected chi connectivity index (χ1v) is 8.34. The van der Waals surface area contributed by atoms with Crippen LogP contribution in [-0.4, -0.2) is 34.1 Å². The zero-order valence-corrected chi connectivity index (χ0v) is 12.9. The van der Waals surface area contributed by atoms with Gasteiger partial charge in [-0.2, -0.15) is 11.8 Å². The molecule has 1 saturated carbocycles. The first-order valence-electron chi connectivity index (χ1n) is 7.11. The fourth-order valence-electron chi connectivity index (χ4n) is 2.49. The van der Waals surface area contributed by atoms with Crippen LogP contribution in [0.25, 0.3) is 0 Å². The van der Waals surface area contributed by atoms with Crippen molar-refractivity contribution in [2.45, 2.75) is 44.3 Å². The van der Waals surface area contributed by atoms with Gasteiger partial charge in [0.25, 0.3) is 0 Å². The molecule has 0 aromatic carbocycles. The van der Waals surface area contributed by atoms with Crippen LogP contribution in [0.15, 0.2) is 6.33 Å². The number of rotatable bonds is 7. The molecule has 0 radical (unpaired) electrons. The Labute approximate surface area is 120 Å². The Hall–Kier alpha value is -0.970. The second-order valence-electron chi connectivity index (χ2n) is 5.03. The molecule has 1 fully saturated rings. The van der Waals surface area contributed by atoms with Gasteiger partial charge >= 0.3 is 0 Å². The Morgan fingerprint density at radius 1 is 1.21 bits per heavy atom. The number of aromatic nitrogens is 2. The van der Waals surface area contributed by atoms with Crippen LogP contribution in [0.5, 0.6) is 0 Å². The SMILES string of the molecule is CCNc1ncnc(NCC2(SC)CCC2)c1CC. The Kier molecular flexibility index (Phi) is 4.91. The third-order valence-electron chi connectivity index (χ3n) is 3.92. The predicted octanol–water partition coefficient (Wildman–Crippen LogP) is 3.17. The van der Waals surface area contributed by atoms with E-state index in [2.05, 4.69) is 40.7 Å². The number of hydrogen-bond acceptors (Lipinski definition) is 5. The van der Waals surface area contributed by atoms with E-state index in [0.29, 0.717) is 4.75 Å². The molecule has 1 aliphatic carbocycles. The minimum atomic E-state index is 0.425. The average molecular weight is 280 g/mol. The highest BCUT2D eigenvalue weighted by atomic mass is 32.2. The summed E-state index contributed by atoms with van der Waals surface area (Å²) in [6.45, 7) is 6.13. The fraction of sp³-hybridized carbons (Fsp3) is 0.714. The summed E-state index contributed by atoms with van der Waals surface area (Å²) >= 11 is 1.98. The highest BCUT2D eigenvalue weighted by Gasteiger charge is 2.36. The second kappa shape index (κ2) is 6.46. The molecule has 0 amide bonds. The van der Waals surface area contributed by atoms with Gasteiger partial charge in [0.2, 0.25) is 0 Å². The van der Waals surface area contributed by atoms with Crippen LogP contribution < -0.4 is 10.6 Å². The van der Waals surface area contributed by atoms with Gasteiger partial charge in [0.15, 0.2) is 0 Å². The van der Waals surface area contributed by atoms with E-state index in [1.807, 2.05) is 11.8 Å². The molecule has 0 atom stereocenters. The zero-order chi connectivity index (χ0) is 13.7. The summed E-state index contributed by atoms with van der Waals surface area (Å²) in [5, 5.41) is 6.85. The lowest BCUT2D eigenvalue weighted by Gasteiger charge is -2.40. The molecule has 106 valence electrons. The van der Waals surface area contributed by atoms with E-state index in [1.165, 1.54) is 24.8 Å². The highest BCUT2D eigenvalue weighted by molar-refractivity contribution is 8.00. The van der Waals surface area contributed by atoms with E-state index in [-0.39, 0.29) is 0 Å². The molecule has 2 N–H and O–H groups in total. The van der Waals surface area contributed by atoms with Crippen molar-refractivity contribution >= 4 is 23.4 Å². The van der Waals surface area contributed by atoms with Crippen molar-refractivity contribution in [1.29, 1.82) is 0 Å². The zero-order valence-electron chi connectivity index (χ0n) is 12.1. The summed E-state index contributed by atoms with van der Waals surface area (Å²) in [4.78, 5) is 8.75. The molecule has 0 unspecified atom stereocenters. The lowest BCUT2D eigenvalue weighted by Crippen LogP contribution is -2.40. The normalized spacial score (nSPS) is 16.8. The summed E-state index contributed by atoms with van der Waals surface area (Å²) in [7, 11) is 0. The number of nitrogens with one attached hydrogen (secondary N) is 2. The van der Waals surface area contributed by atoms with Gasteiger partial charge in [0, 0.05) is 23.4 Å². The van der Waals surface area contributed by atoms with E-state index in [0.717, 1.165) is 31.1 Å². The van der Waals surface area contributed by atoms with Crippen molar-refractivity contribution in [2.75, 3.05) is 30.0 Å². The molecule has 2 rings (SSSR count). The Morgan fingerprint density at radius 2 is 1.89 bits per heavy atom. The van der Waals surface area contributed by atoms with E-state index in [1.54, 1.807) is 6.33 Å². The molecule has 0 aliphatic heterocycles. The maximum atomic E-state index is 4.42. The van der Waals surface area contributed by atoms with Gasteiger partial charge in [-0.3, -0.25) is 0 Å². The van der Waals surface area contributed by atoms with Gasteiger partial charge in [-0.05, 0) is 32.4 Å². The van der Waals surface area contributed by atoms with Gasteiger partial charge in [-0.15, -0.1) is 0 Å². The van der Waals surface area contributed by atoms with Gasteiger partial charge in [-0.25, -0.2) is 9.97 Å². The molecule has 4 nitrogen and oxygen atoms in total. The van der Waals surface area contributed by atoms with Crippen LogP contribution in [0, 0.1) is 0 Å². The summed E-state index contributed by atoms with van der Waals surface area (Å²) in [5.41, 5.74) is 1.19. The van der Waals surface area contributed by atoms with Crippen molar-refractivity contribution in [3.63, 3.8) is 0 Å². The summed E-state index contributed by atoms with van der Waals surface area (Å²) < 4.78 is 0.425. The maximum Gasteiger partial charge on any atom is 0.134 e. The predicted molar refractivity (Wildman–Crippen MR) is 84.2 cm³/mol. The smallest absolute Gasteiger partial charge is 0.134 e. The fourth-order valence-corrected chi connectivity index (χ4v) is 3.40. The topological polar surface area (TPSA) is 49.8 Å². The van der Waals surface area contributed by atoms with Crippen LogP contribution in [0.2, 0.25) is 0 Å². The molecule has 19 heavy (non-hydrogen) atoms. The van der Waals surface area contributed by atoms with Crippen LogP contribution >= 0.6 is 11.8 Å². The van der Waals surface area contributed by atoms with E-state index < -0.39 is 0 Å². The minimum absolute atomic E-state index is 0.425. The lowest BCUT2D eigenvalue weighted by molar-refractivity contribution is 0.379. The molecule has 1 aromatic heterocycles. The molecule has 0 spiro atoms. The first kappa shape index (κ1) is 14.4. The Balaban J connectivity index is 2.08. The molecule has 1 aliphatic rings.